The number of rotatable bonds is 4. The molecule has 0 saturated heterocycles. The maximum atomic E-state index is 11.3. The molecule has 6 nitrogen and oxygen atoms in total. The number of H-pyrrole nitrogens is 1. The van der Waals surface area contributed by atoms with Gasteiger partial charge in [0.05, 0.1) is 24.7 Å². The van der Waals surface area contributed by atoms with Gasteiger partial charge in [-0.15, -0.1) is 0 Å². The van der Waals surface area contributed by atoms with E-state index in [1.165, 1.54) is 19.2 Å². The smallest absolute Gasteiger partial charge is 0.264 e. The van der Waals surface area contributed by atoms with Crippen LogP contribution in [0.4, 0.5) is 0 Å². The Balaban J connectivity index is 2.42. The zero-order valence-electron chi connectivity index (χ0n) is 10.1. The molecule has 1 heterocycles. The fourth-order valence-electron chi connectivity index (χ4n) is 1.74. The number of methoxy groups -OCH3 is 1. The van der Waals surface area contributed by atoms with Gasteiger partial charge in [0.2, 0.25) is 0 Å². The Hall–Kier alpha value is -2.63. The van der Waals surface area contributed by atoms with Crippen molar-refractivity contribution in [3.63, 3.8) is 0 Å². The van der Waals surface area contributed by atoms with Crippen molar-refractivity contribution in [2.24, 2.45) is 0 Å². The highest BCUT2D eigenvalue weighted by Gasteiger charge is 2.17. The molecular formula is C13H11N2O4-. The number of hydrogen-bond donors (Lipinski definition) is 1. The van der Waals surface area contributed by atoms with E-state index in [9.17, 15) is 14.7 Å². The second kappa shape index (κ2) is 5.34. The minimum absolute atomic E-state index is 0.213. The summed E-state index contributed by atoms with van der Waals surface area (Å²) in [6.45, 7) is 0. The van der Waals surface area contributed by atoms with Crippen molar-refractivity contribution in [1.82, 2.24) is 10.2 Å². The van der Waals surface area contributed by atoms with Crippen molar-refractivity contribution in [1.29, 1.82) is 0 Å². The maximum Gasteiger partial charge on any atom is 0.264 e. The third-order valence-corrected chi connectivity index (χ3v) is 2.68. The van der Waals surface area contributed by atoms with Crippen LogP contribution in [0.3, 0.4) is 0 Å². The van der Waals surface area contributed by atoms with Gasteiger partial charge >= 0.3 is 0 Å². The van der Waals surface area contributed by atoms with Crippen LogP contribution in [0.5, 0.6) is 5.75 Å². The van der Waals surface area contributed by atoms with Gasteiger partial charge in [0, 0.05) is 6.07 Å². The summed E-state index contributed by atoms with van der Waals surface area (Å²) in [6.07, 6.45) is 0. The van der Waals surface area contributed by atoms with E-state index in [0.717, 1.165) is 0 Å². The minimum Gasteiger partial charge on any atom is -0.549 e. The van der Waals surface area contributed by atoms with Crippen LogP contribution >= 0.6 is 0 Å². The minimum atomic E-state index is -1.29. The molecule has 0 amide bonds. The summed E-state index contributed by atoms with van der Waals surface area (Å²) in [5, 5.41) is 17.2. The first-order valence-electron chi connectivity index (χ1n) is 5.52. The largest absolute Gasteiger partial charge is 0.549 e. The number of carbonyl (C=O) groups is 1. The Morgan fingerprint density at radius 2 is 1.95 bits per heavy atom. The van der Waals surface area contributed by atoms with Crippen LogP contribution in [0.2, 0.25) is 0 Å². The van der Waals surface area contributed by atoms with Crippen LogP contribution in [0.15, 0.2) is 41.2 Å². The molecule has 19 heavy (non-hydrogen) atoms. The van der Waals surface area contributed by atoms with E-state index in [0.29, 0.717) is 11.3 Å². The number of benzene rings is 1. The molecule has 0 radical (unpaired) electrons. The van der Waals surface area contributed by atoms with Crippen molar-refractivity contribution in [2.75, 3.05) is 7.11 Å². The SMILES string of the molecule is COc1ccc([C@H](C(=O)[O-])c2ccc(=O)[nH]n2)cc1. The summed E-state index contributed by atoms with van der Waals surface area (Å²) in [7, 11) is 1.52. The highest BCUT2D eigenvalue weighted by Crippen LogP contribution is 2.23. The van der Waals surface area contributed by atoms with Crippen molar-refractivity contribution in [3.8, 4) is 5.75 Å². The van der Waals surface area contributed by atoms with Crippen LogP contribution in [0.25, 0.3) is 0 Å². The Kier molecular flexibility index (Phi) is 3.61. The molecule has 0 bridgehead atoms. The molecule has 0 fully saturated rings. The number of aliphatic carboxylic acids is 1. The predicted molar refractivity (Wildman–Crippen MR) is 64.7 cm³/mol. The summed E-state index contributed by atoms with van der Waals surface area (Å²) >= 11 is 0. The van der Waals surface area contributed by atoms with Gasteiger partial charge in [0.15, 0.2) is 0 Å². The molecule has 1 N–H and O–H groups in total. The van der Waals surface area contributed by atoms with Gasteiger partial charge in [-0.05, 0) is 23.8 Å². The van der Waals surface area contributed by atoms with Gasteiger partial charge in [-0.25, -0.2) is 5.10 Å². The second-order valence-corrected chi connectivity index (χ2v) is 3.87. The molecule has 6 heteroatoms. The van der Waals surface area contributed by atoms with Crippen molar-refractivity contribution in [2.45, 2.75) is 5.92 Å². The fourth-order valence-corrected chi connectivity index (χ4v) is 1.74. The average molecular weight is 259 g/mol. The number of aromatic amines is 1. The lowest BCUT2D eigenvalue weighted by atomic mass is 9.95. The zero-order valence-corrected chi connectivity index (χ0v) is 10.1. The van der Waals surface area contributed by atoms with Crippen LogP contribution in [-0.4, -0.2) is 23.3 Å². The van der Waals surface area contributed by atoms with Crippen molar-refractivity contribution in [3.05, 3.63) is 58.0 Å². The summed E-state index contributed by atoms with van der Waals surface area (Å²) in [5.41, 5.74) is 0.320. The summed E-state index contributed by atoms with van der Waals surface area (Å²) < 4.78 is 5.00. The highest BCUT2D eigenvalue weighted by atomic mass is 16.5. The van der Waals surface area contributed by atoms with Crippen LogP contribution < -0.4 is 15.4 Å². The number of hydrogen-bond acceptors (Lipinski definition) is 5. The molecule has 2 aromatic rings. The van der Waals surface area contributed by atoms with E-state index in [-0.39, 0.29) is 5.69 Å². The Labute approximate surface area is 108 Å². The predicted octanol–water partition coefficient (Wildman–Crippen LogP) is -0.340. The third kappa shape index (κ3) is 2.79. The molecule has 0 aliphatic heterocycles. The Bertz CT molecular complexity index is 613. The topological polar surface area (TPSA) is 95.1 Å². The maximum absolute atomic E-state index is 11.3. The van der Waals surface area contributed by atoms with Crippen LogP contribution in [0, 0.1) is 0 Å². The van der Waals surface area contributed by atoms with Gasteiger partial charge < -0.3 is 14.6 Å². The molecule has 0 saturated carbocycles. The number of nitrogens with one attached hydrogen (secondary N) is 1. The molecule has 2 rings (SSSR count). The van der Waals surface area contributed by atoms with Crippen LogP contribution in [-0.2, 0) is 4.79 Å². The molecule has 0 spiro atoms. The normalized spacial score (nSPS) is 11.8. The van der Waals surface area contributed by atoms with Gasteiger partial charge in [-0.3, -0.25) is 4.79 Å². The van der Waals surface area contributed by atoms with Crippen LogP contribution in [0.1, 0.15) is 17.2 Å². The average Bonchev–Trinajstić information content (AvgIpc) is 2.42. The second-order valence-electron chi connectivity index (χ2n) is 3.87. The van der Waals surface area contributed by atoms with Crippen molar-refractivity contribution >= 4 is 5.97 Å². The lowest BCUT2D eigenvalue weighted by molar-refractivity contribution is -0.306. The summed E-state index contributed by atoms with van der Waals surface area (Å²) in [5.74, 6) is -1.71. The number of nitrogens with zero attached hydrogens (tertiary/aromatic N) is 1. The summed E-state index contributed by atoms with van der Waals surface area (Å²) in [4.78, 5) is 22.2. The van der Waals surface area contributed by atoms with E-state index in [1.807, 2.05) is 0 Å². The van der Waals surface area contributed by atoms with E-state index in [1.54, 1.807) is 24.3 Å². The molecule has 1 atom stereocenters. The number of carboxylic acid groups (broad SMARTS) is 1. The van der Waals surface area contributed by atoms with Gasteiger partial charge in [0.1, 0.15) is 5.75 Å². The molecule has 1 aromatic heterocycles. The number of aromatic nitrogens is 2. The molecule has 0 aliphatic carbocycles. The van der Waals surface area contributed by atoms with E-state index in [4.69, 9.17) is 4.74 Å². The van der Waals surface area contributed by atoms with E-state index in [2.05, 4.69) is 10.2 Å². The molecule has 98 valence electrons. The molecular weight excluding hydrogens is 248 g/mol. The van der Waals surface area contributed by atoms with Gasteiger partial charge in [-0.2, -0.15) is 5.10 Å². The Morgan fingerprint density at radius 1 is 1.26 bits per heavy atom. The fraction of sp³-hybridized carbons (Fsp3) is 0.154. The lowest BCUT2D eigenvalue weighted by Gasteiger charge is -2.17. The molecule has 1 aromatic carbocycles. The first kappa shape index (κ1) is 12.8. The van der Waals surface area contributed by atoms with E-state index < -0.39 is 17.4 Å². The number of carbonyl (C=O) groups excluding carboxylic acids is 1. The zero-order chi connectivity index (χ0) is 13.8. The van der Waals surface area contributed by atoms with E-state index >= 15 is 0 Å². The van der Waals surface area contributed by atoms with Gasteiger partial charge in [0.25, 0.3) is 5.56 Å². The quantitative estimate of drug-likeness (QED) is 0.810. The molecule has 0 unspecified atom stereocenters. The molecule has 0 aliphatic rings. The van der Waals surface area contributed by atoms with Gasteiger partial charge in [-0.1, -0.05) is 12.1 Å². The summed E-state index contributed by atoms with van der Waals surface area (Å²) in [6, 6.07) is 9.12. The number of carboxylic acids is 1. The Morgan fingerprint density at radius 3 is 2.42 bits per heavy atom. The first-order valence-corrected chi connectivity index (χ1v) is 5.52. The lowest BCUT2D eigenvalue weighted by Crippen LogP contribution is -2.31. The first-order chi connectivity index (χ1) is 9.11. The standard InChI is InChI=1S/C13H12N2O4/c1-19-9-4-2-8(3-5-9)12(13(17)18)10-6-7-11(16)15-14-10/h2-7,12H,1H3,(H,15,16)(H,17,18)/p-1/t12-/m0/s1. The van der Waals surface area contributed by atoms with Crippen molar-refractivity contribution < 1.29 is 14.6 Å². The third-order valence-electron chi connectivity index (χ3n) is 2.68. The monoisotopic (exact) mass is 259 g/mol. The number of ether oxygens (including phenoxy) is 1. The highest BCUT2D eigenvalue weighted by molar-refractivity contribution is 5.77.